The van der Waals surface area contributed by atoms with E-state index in [1.807, 2.05) is 13.8 Å². The summed E-state index contributed by atoms with van der Waals surface area (Å²) in [6, 6.07) is 0. The molecule has 72 valence electrons. The van der Waals surface area contributed by atoms with Gasteiger partial charge < -0.3 is 4.74 Å². The first-order valence-electron chi connectivity index (χ1n) is 3.86. The Balaban J connectivity index is 3.02. The van der Waals surface area contributed by atoms with Crippen LogP contribution in [0.2, 0.25) is 0 Å². The number of rotatable bonds is 1. The third-order valence-corrected chi connectivity index (χ3v) is 3.47. The van der Waals surface area contributed by atoms with Crippen LogP contribution in [0.15, 0.2) is 0 Å². The van der Waals surface area contributed by atoms with E-state index in [9.17, 15) is 8.42 Å². The molecule has 0 saturated carbocycles. The zero-order valence-corrected chi connectivity index (χ0v) is 8.68. The molecule has 0 radical (unpaired) electrons. The van der Waals surface area contributed by atoms with E-state index in [2.05, 4.69) is 0 Å². The molecule has 0 bridgehead atoms. The van der Waals surface area contributed by atoms with Crippen molar-refractivity contribution in [2.24, 2.45) is 0 Å². The lowest BCUT2D eigenvalue weighted by atomic mass is 10.1. The van der Waals surface area contributed by atoms with Crippen LogP contribution in [0.3, 0.4) is 0 Å². The molecule has 0 N–H and O–H groups in total. The van der Waals surface area contributed by atoms with Gasteiger partial charge in [0.25, 0.3) is 0 Å². The third kappa shape index (κ3) is 1.62. The second kappa shape index (κ2) is 2.68. The predicted octanol–water partition coefficient (Wildman–Crippen LogP) is 0.403. The maximum absolute atomic E-state index is 11.3. The maximum atomic E-state index is 11.3. The van der Waals surface area contributed by atoms with E-state index in [4.69, 9.17) is 4.74 Å². The normalized spacial score (nSPS) is 30.8. The zero-order chi connectivity index (χ0) is 9.57. The van der Waals surface area contributed by atoms with Gasteiger partial charge in [0, 0.05) is 0 Å². The summed E-state index contributed by atoms with van der Waals surface area (Å²) in [7, 11) is -3.15. The van der Waals surface area contributed by atoms with Crippen molar-refractivity contribution in [2.45, 2.75) is 32.5 Å². The van der Waals surface area contributed by atoms with Crippen LogP contribution in [0.4, 0.5) is 0 Å². The molecule has 1 saturated heterocycles. The Kier molecular flexibility index (Phi) is 2.22. The fraction of sp³-hybridized carbons (Fsp3) is 1.00. The SMILES string of the molecule is CC1OCC(C)(C)N1S(C)(=O)=O. The average Bonchev–Trinajstić information content (AvgIpc) is 2.03. The summed E-state index contributed by atoms with van der Waals surface area (Å²) in [5.41, 5.74) is -0.410. The van der Waals surface area contributed by atoms with Gasteiger partial charge in [-0.05, 0) is 20.8 Å². The van der Waals surface area contributed by atoms with Crippen molar-refractivity contribution < 1.29 is 13.2 Å². The topological polar surface area (TPSA) is 46.6 Å². The van der Waals surface area contributed by atoms with E-state index in [-0.39, 0.29) is 6.23 Å². The molecular weight excluding hydrogens is 178 g/mol. The van der Waals surface area contributed by atoms with Gasteiger partial charge in [-0.1, -0.05) is 0 Å². The standard InChI is InChI=1S/C7H15NO3S/c1-6-8(12(4,9)10)7(2,3)5-11-6/h6H,5H2,1-4H3. The number of nitrogens with zero attached hydrogens (tertiary/aromatic N) is 1. The second-order valence-corrected chi connectivity index (χ2v) is 5.64. The zero-order valence-electron chi connectivity index (χ0n) is 7.86. The summed E-state index contributed by atoms with van der Waals surface area (Å²) < 4.78 is 29.3. The van der Waals surface area contributed by atoms with Gasteiger partial charge in [0.15, 0.2) is 0 Å². The van der Waals surface area contributed by atoms with Gasteiger partial charge in [-0.15, -0.1) is 0 Å². The minimum absolute atomic E-state index is 0.338. The molecule has 0 aromatic rings. The van der Waals surface area contributed by atoms with Crippen LogP contribution in [0.25, 0.3) is 0 Å². The summed E-state index contributed by atoms with van der Waals surface area (Å²) >= 11 is 0. The number of ether oxygens (including phenoxy) is 1. The van der Waals surface area contributed by atoms with Crippen molar-refractivity contribution >= 4 is 10.0 Å². The average molecular weight is 193 g/mol. The van der Waals surface area contributed by atoms with Gasteiger partial charge in [0.05, 0.1) is 18.4 Å². The Morgan fingerprint density at radius 3 is 2.17 bits per heavy atom. The summed E-state index contributed by atoms with van der Waals surface area (Å²) in [4.78, 5) is 0. The summed E-state index contributed by atoms with van der Waals surface area (Å²) in [5.74, 6) is 0. The van der Waals surface area contributed by atoms with Crippen molar-refractivity contribution in [2.75, 3.05) is 12.9 Å². The van der Waals surface area contributed by atoms with Gasteiger partial charge in [-0.2, -0.15) is 4.31 Å². The lowest BCUT2D eigenvalue weighted by molar-refractivity contribution is 0.0846. The van der Waals surface area contributed by atoms with Gasteiger partial charge in [-0.3, -0.25) is 0 Å². The Morgan fingerprint density at radius 1 is 1.50 bits per heavy atom. The Labute approximate surface area is 73.6 Å². The fourth-order valence-electron chi connectivity index (χ4n) is 1.67. The van der Waals surface area contributed by atoms with Crippen LogP contribution < -0.4 is 0 Å². The summed E-state index contributed by atoms with van der Waals surface area (Å²) in [6.45, 7) is 5.92. The molecule has 12 heavy (non-hydrogen) atoms. The van der Waals surface area contributed by atoms with Crippen LogP contribution in [0, 0.1) is 0 Å². The second-order valence-electron chi connectivity index (χ2n) is 3.78. The first-order valence-corrected chi connectivity index (χ1v) is 5.71. The van der Waals surface area contributed by atoms with Crippen molar-refractivity contribution in [1.82, 2.24) is 4.31 Å². The molecule has 1 fully saturated rings. The van der Waals surface area contributed by atoms with Crippen molar-refractivity contribution in [1.29, 1.82) is 0 Å². The van der Waals surface area contributed by atoms with E-state index in [1.54, 1.807) is 6.92 Å². The molecule has 1 atom stereocenters. The van der Waals surface area contributed by atoms with Gasteiger partial charge in [-0.25, -0.2) is 8.42 Å². The highest BCUT2D eigenvalue weighted by molar-refractivity contribution is 7.88. The van der Waals surface area contributed by atoms with Gasteiger partial charge >= 0.3 is 0 Å². The molecule has 4 nitrogen and oxygen atoms in total. The maximum Gasteiger partial charge on any atom is 0.213 e. The molecular formula is C7H15NO3S. The first kappa shape index (κ1) is 9.95. The highest BCUT2D eigenvalue weighted by atomic mass is 32.2. The van der Waals surface area contributed by atoms with E-state index in [0.717, 1.165) is 0 Å². The molecule has 1 aliphatic heterocycles. The molecule has 0 aromatic carbocycles. The summed E-state index contributed by atoms with van der Waals surface area (Å²) in [6.07, 6.45) is 0.870. The number of hydrogen-bond acceptors (Lipinski definition) is 3. The highest BCUT2D eigenvalue weighted by Gasteiger charge is 2.43. The Bertz CT molecular complexity index is 270. The molecule has 0 aromatic heterocycles. The van der Waals surface area contributed by atoms with E-state index in [0.29, 0.717) is 6.61 Å². The Morgan fingerprint density at radius 2 is 2.00 bits per heavy atom. The van der Waals surface area contributed by atoms with Crippen molar-refractivity contribution in [3.05, 3.63) is 0 Å². The van der Waals surface area contributed by atoms with Crippen LogP contribution in [-0.4, -0.2) is 37.4 Å². The minimum atomic E-state index is -3.15. The third-order valence-electron chi connectivity index (χ3n) is 1.96. The molecule has 5 heteroatoms. The molecule has 1 aliphatic rings. The predicted molar refractivity (Wildman–Crippen MR) is 46.2 cm³/mol. The van der Waals surface area contributed by atoms with Crippen LogP contribution in [0.5, 0.6) is 0 Å². The van der Waals surface area contributed by atoms with Gasteiger partial charge in [0.1, 0.15) is 6.23 Å². The van der Waals surface area contributed by atoms with E-state index in [1.165, 1.54) is 10.6 Å². The van der Waals surface area contributed by atoms with Crippen molar-refractivity contribution in [3.63, 3.8) is 0 Å². The number of sulfonamides is 1. The van der Waals surface area contributed by atoms with Crippen LogP contribution >= 0.6 is 0 Å². The minimum Gasteiger partial charge on any atom is -0.360 e. The number of hydrogen-bond donors (Lipinski definition) is 0. The highest BCUT2D eigenvalue weighted by Crippen LogP contribution is 2.28. The first-order chi connectivity index (χ1) is 5.25. The van der Waals surface area contributed by atoms with E-state index >= 15 is 0 Å². The molecule has 1 unspecified atom stereocenters. The monoisotopic (exact) mass is 193 g/mol. The smallest absolute Gasteiger partial charge is 0.213 e. The Hall–Kier alpha value is -0.130. The largest absolute Gasteiger partial charge is 0.360 e. The lowest BCUT2D eigenvalue weighted by Gasteiger charge is -2.29. The molecule has 0 amide bonds. The molecule has 0 aliphatic carbocycles. The fourth-order valence-corrected chi connectivity index (χ4v) is 3.22. The van der Waals surface area contributed by atoms with Gasteiger partial charge in [0.2, 0.25) is 10.0 Å². The van der Waals surface area contributed by atoms with Crippen molar-refractivity contribution in [3.8, 4) is 0 Å². The summed E-state index contributed by atoms with van der Waals surface area (Å²) in [5, 5.41) is 0. The molecule has 1 heterocycles. The quantitative estimate of drug-likeness (QED) is 0.605. The lowest BCUT2D eigenvalue weighted by Crippen LogP contribution is -2.46. The van der Waals surface area contributed by atoms with Crippen LogP contribution in [0.1, 0.15) is 20.8 Å². The van der Waals surface area contributed by atoms with E-state index < -0.39 is 15.6 Å². The molecule has 1 rings (SSSR count). The molecule has 0 spiro atoms. The van der Waals surface area contributed by atoms with Crippen LogP contribution in [-0.2, 0) is 14.8 Å².